The molecule has 142 valence electrons. The second-order valence-electron chi connectivity index (χ2n) is 8.20. The van der Waals surface area contributed by atoms with Crippen LogP contribution in [0.25, 0.3) is 0 Å². The normalized spacial score (nSPS) is 22.7. The standard InChI is InChI=1S/C24H34O2/c1-6-26-23(25)16-18(2)15-21-11-7-10-20(17-21)12-13-22-19(3)9-8-14-24(22,4)5/h12-13,15-17H,6-11,14H2,1-5H3/b13-12+,18-16+,21-15+. The van der Waals surface area contributed by atoms with Crippen LogP contribution >= 0.6 is 0 Å². The predicted octanol–water partition coefficient (Wildman–Crippen LogP) is 6.62. The lowest BCUT2D eigenvalue weighted by Gasteiger charge is -2.33. The van der Waals surface area contributed by atoms with E-state index in [0.717, 1.165) is 24.8 Å². The predicted molar refractivity (Wildman–Crippen MR) is 110 cm³/mol. The molecule has 0 spiro atoms. The van der Waals surface area contributed by atoms with E-state index >= 15 is 0 Å². The summed E-state index contributed by atoms with van der Waals surface area (Å²) in [6, 6.07) is 0. The molecule has 0 aliphatic heterocycles. The first-order valence-electron chi connectivity index (χ1n) is 9.96. The maximum atomic E-state index is 11.6. The first-order valence-corrected chi connectivity index (χ1v) is 9.96. The minimum atomic E-state index is -0.260. The Kier molecular flexibility index (Phi) is 7.25. The maximum absolute atomic E-state index is 11.6. The zero-order valence-corrected chi connectivity index (χ0v) is 17.2. The van der Waals surface area contributed by atoms with Crippen LogP contribution in [-0.4, -0.2) is 12.6 Å². The number of esters is 1. The molecule has 0 aromatic carbocycles. The minimum Gasteiger partial charge on any atom is -0.463 e. The van der Waals surface area contributed by atoms with Crippen molar-refractivity contribution in [1.29, 1.82) is 0 Å². The van der Waals surface area contributed by atoms with Gasteiger partial charge in [0.1, 0.15) is 0 Å². The maximum Gasteiger partial charge on any atom is 0.330 e. The highest BCUT2D eigenvalue weighted by atomic mass is 16.5. The molecule has 0 bridgehead atoms. The molecule has 26 heavy (non-hydrogen) atoms. The molecule has 2 aliphatic carbocycles. The fraction of sp³-hybridized carbons (Fsp3) is 0.542. The van der Waals surface area contributed by atoms with Crippen molar-refractivity contribution >= 4 is 5.97 Å². The van der Waals surface area contributed by atoms with Gasteiger partial charge in [-0.15, -0.1) is 0 Å². The molecule has 0 amide bonds. The van der Waals surface area contributed by atoms with Gasteiger partial charge >= 0.3 is 5.97 Å². The highest BCUT2D eigenvalue weighted by molar-refractivity contribution is 5.83. The average molecular weight is 355 g/mol. The first-order chi connectivity index (χ1) is 12.3. The molecule has 0 saturated carbocycles. The minimum absolute atomic E-state index is 0.260. The van der Waals surface area contributed by atoms with Crippen LogP contribution in [0.3, 0.4) is 0 Å². The van der Waals surface area contributed by atoms with Crippen molar-refractivity contribution in [3.63, 3.8) is 0 Å². The van der Waals surface area contributed by atoms with Crippen LogP contribution in [0.15, 0.2) is 58.2 Å². The van der Waals surface area contributed by atoms with Crippen molar-refractivity contribution in [1.82, 2.24) is 0 Å². The van der Waals surface area contributed by atoms with Crippen molar-refractivity contribution in [3.8, 4) is 0 Å². The highest BCUT2D eigenvalue weighted by Gasteiger charge is 2.26. The number of hydrogen-bond acceptors (Lipinski definition) is 2. The van der Waals surface area contributed by atoms with Gasteiger partial charge in [-0.3, -0.25) is 0 Å². The summed E-state index contributed by atoms with van der Waals surface area (Å²) in [5, 5.41) is 0. The van der Waals surface area contributed by atoms with Crippen molar-refractivity contribution in [3.05, 3.63) is 58.2 Å². The summed E-state index contributed by atoms with van der Waals surface area (Å²) in [5.41, 5.74) is 6.96. The third-order valence-corrected chi connectivity index (χ3v) is 5.35. The Morgan fingerprint density at radius 2 is 1.96 bits per heavy atom. The zero-order valence-electron chi connectivity index (χ0n) is 17.2. The second-order valence-corrected chi connectivity index (χ2v) is 8.20. The summed E-state index contributed by atoms with van der Waals surface area (Å²) in [5.74, 6) is -0.260. The smallest absolute Gasteiger partial charge is 0.330 e. The fourth-order valence-corrected chi connectivity index (χ4v) is 4.03. The van der Waals surface area contributed by atoms with Gasteiger partial charge in [0.15, 0.2) is 0 Å². The number of carbonyl (C=O) groups excluding carboxylic acids is 1. The van der Waals surface area contributed by atoms with E-state index in [-0.39, 0.29) is 11.4 Å². The number of ether oxygens (including phenoxy) is 1. The van der Waals surface area contributed by atoms with Gasteiger partial charge in [0.05, 0.1) is 6.61 Å². The van der Waals surface area contributed by atoms with Crippen LogP contribution in [0.2, 0.25) is 0 Å². The topological polar surface area (TPSA) is 26.3 Å². The monoisotopic (exact) mass is 354 g/mol. The van der Waals surface area contributed by atoms with E-state index in [9.17, 15) is 4.79 Å². The molecule has 0 N–H and O–H groups in total. The summed E-state index contributed by atoms with van der Waals surface area (Å²) in [7, 11) is 0. The average Bonchev–Trinajstić information content (AvgIpc) is 2.54. The molecule has 2 aliphatic rings. The molecule has 2 heteroatoms. The van der Waals surface area contributed by atoms with Crippen LogP contribution < -0.4 is 0 Å². The molecular weight excluding hydrogens is 320 g/mol. The van der Waals surface area contributed by atoms with Gasteiger partial charge in [-0.1, -0.05) is 43.7 Å². The van der Waals surface area contributed by atoms with E-state index in [0.29, 0.717) is 6.61 Å². The van der Waals surface area contributed by atoms with E-state index in [2.05, 4.69) is 45.1 Å². The van der Waals surface area contributed by atoms with Crippen LogP contribution in [0, 0.1) is 5.41 Å². The lowest BCUT2D eigenvalue weighted by molar-refractivity contribution is -0.137. The quantitative estimate of drug-likeness (QED) is 0.410. The van der Waals surface area contributed by atoms with Gasteiger partial charge in [-0.2, -0.15) is 0 Å². The molecule has 0 heterocycles. The lowest BCUT2D eigenvalue weighted by Crippen LogP contribution is -2.19. The van der Waals surface area contributed by atoms with E-state index in [4.69, 9.17) is 4.74 Å². The first kappa shape index (κ1) is 20.5. The van der Waals surface area contributed by atoms with Gasteiger partial charge in [0.25, 0.3) is 0 Å². The molecule has 0 atom stereocenters. The molecule has 2 rings (SSSR count). The Morgan fingerprint density at radius 3 is 2.65 bits per heavy atom. The number of hydrogen-bond donors (Lipinski definition) is 0. The van der Waals surface area contributed by atoms with Crippen LogP contribution in [0.1, 0.15) is 73.1 Å². The SMILES string of the molecule is CCOC(=O)/C=C(C)/C=C1C=C(/C=C/C2=C(C)CCCC2(C)C)CCC/1. The lowest BCUT2D eigenvalue weighted by atomic mass is 9.72. The van der Waals surface area contributed by atoms with Gasteiger partial charge < -0.3 is 4.74 Å². The number of carbonyl (C=O) groups is 1. The number of allylic oxidation sites excluding steroid dienone is 9. The molecule has 0 aromatic heterocycles. The second kappa shape index (κ2) is 9.21. The summed E-state index contributed by atoms with van der Waals surface area (Å²) in [6.45, 7) is 11.2. The highest BCUT2D eigenvalue weighted by Crippen LogP contribution is 2.41. The summed E-state index contributed by atoms with van der Waals surface area (Å²) in [6.07, 6.45) is 17.8. The van der Waals surface area contributed by atoms with Crippen molar-refractivity contribution < 1.29 is 9.53 Å². The number of rotatable bonds is 5. The Morgan fingerprint density at radius 1 is 1.19 bits per heavy atom. The van der Waals surface area contributed by atoms with Crippen molar-refractivity contribution in [2.75, 3.05) is 6.61 Å². The van der Waals surface area contributed by atoms with E-state index < -0.39 is 0 Å². The molecule has 0 radical (unpaired) electrons. The Bertz CT molecular complexity index is 681. The fourth-order valence-electron chi connectivity index (χ4n) is 4.03. The Balaban J connectivity index is 2.15. The Labute approximate surface area is 159 Å². The van der Waals surface area contributed by atoms with Crippen molar-refractivity contribution in [2.45, 2.75) is 73.1 Å². The molecule has 0 saturated heterocycles. The van der Waals surface area contributed by atoms with Crippen LogP contribution in [0.4, 0.5) is 0 Å². The van der Waals surface area contributed by atoms with E-state index in [1.54, 1.807) is 6.08 Å². The third kappa shape index (κ3) is 5.86. The van der Waals surface area contributed by atoms with Gasteiger partial charge in [-0.05, 0) is 87.0 Å². The largest absolute Gasteiger partial charge is 0.463 e. The summed E-state index contributed by atoms with van der Waals surface area (Å²) in [4.78, 5) is 11.6. The third-order valence-electron chi connectivity index (χ3n) is 5.35. The molecule has 2 nitrogen and oxygen atoms in total. The summed E-state index contributed by atoms with van der Waals surface area (Å²) >= 11 is 0. The molecular formula is C24H34O2. The van der Waals surface area contributed by atoms with E-state index in [1.807, 2.05) is 13.8 Å². The van der Waals surface area contributed by atoms with Crippen LogP contribution in [0.5, 0.6) is 0 Å². The van der Waals surface area contributed by atoms with Crippen molar-refractivity contribution in [2.24, 2.45) is 5.41 Å². The molecule has 0 unspecified atom stereocenters. The summed E-state index contributed by atoms with van der Waals surface area (Å²) < 4.78 is 4.98. The van der Waals surface area contributed by atoms with Gasteiger partial charge in [-0.25, -0.2) is 4.79 Å². The van der Waals surface area contributed by atoms with Gasteiger partial charge in [0.2, 0.25) is 0 Å². The zero-order chi connectivity index (χ0) is 19.2. The molecule has 0 aromatic rings. The van der Waals surface area contributed by atoms with Crippen LogP contribution in [-0.2, 0) is 9.53 Å². The Hall–Kier alpha value is -1.83. The van der Waals surface area contributed by atoms with Gasteiger partial charge in [0, 0.05) is 6.08 Å². The van der Waals surface area contributed by atoms with E-state index in [1.165, 1.54) is 41.6 Å². The molecule has 0 fully saturated rings.